The van der Waals surface area contributed by atoms with Crippen LogP contribution < -0.4 is 0 Å². The lowest BCUT2D eigenvalue weighted by Gasteiger charge is -2.28. The molecule has 1 aromatic rings. The molecule has 0 saturated carbocycles. The molecule has 4 nitrogen and oxygen atoms in total. The van der Waals surface area contributed by atoms with E-state index in [4.69, 9.17) is 5.11 Å². The SMILES string of the molecule is CC(C)N1C(=O)c2ccccc2C1CC(=O)O. The van der Waals surface area contributed by atoms with Gasteiger partial charge in [0.2, 0.25) is 0 Å². The number of fused-ring (bicyclic) bond motifs is 1. The second-order valence-electron chi connectivity index (χ2n) is 4.51. The first-order valence-corrected chi connectivity index (χ1v) is 5.65. The largest absolute Gasteiger partial charge is 0.481 e. The van der Waals surface area contributed by atoms with Crippen molar-refractivity contribution in [3.63, 3.8) is 0 Å². The molecular formula is C13H15NO3. The van der Waals surface area contributed by atoms with Crippen molar-refractivity contribution >= 4 is 11.9 Å². The standard InChI is InChI=1S/C13H15NO3/c1-8(2)14-11(7-12(15)16)9-5-3-4-6-10(9)13(14)17/h3-6,8,11H,7H2,1-2H3,(H,15,16). The number of hydrogen-bond acceptors (Lipinski definition) is 2. The van der Waals surface area contributed by atoms with Crippen LogP contribution in [0.2, 0.25) is 0 Å². The van der Waals surface area contributed by atoms with E-state index in [-0.39, 0.29) is 24.4 Å². The lowest BCUT2D eigenvalue weighted by molar-refractivity contribution is -0.138. The third-order valence-corrected chi connectivity index (χ3v) is 3.04. The molecule has 1 aliphatic heterocycles. The molecule has 1 atom stereocenters. The average molecular weight is 233 g/mol. The molecule has 1 unspecified atom stereocenters. The van der Waals surface area contributed by atoms with Crippen LogP contribution in [0.1, 0.15) is 42.2 Å². The van der Waals surface area contributed by atoms with Crippen molar-refractivity contribution in [1.82, 2.24) is 4.90 Å². The molecule has 0 radical (unpaired) electrons. The van der Waals surface area contributed by atoms with E-state index in [0.717, 1.165) is 5.56 Å². The predicted octanol–water partition coefficient (Wildman–Crippen LogP) is 2.07. The normalized spacial score (nSPS) is 18.6. The van der Waals surface area contributed by atoms with Crippen molar-refractivity contribution in [3.05, 3.63) is 35.4 Å². The van der Waals surface area contributed by atoms with Crippen LogP contribution in [0, 0.1) is 0 Å². The van der Waals surface area contributed by atoms with Gasteiger partial charge < -0.3 is 10.0 Å². The van der Waals surface area contributed by atoms with Gasteiger partial charge in [-0.1, -0.05) is 18.2 Å². The Balaban J connectivity index is 2.45. The molecule has 0 saturated heterocycles. The van der Waals surface area contributed by atoms with E-state index in [0.29, 0.717) is 5.56 Å². The molecule has 1 aromatic carbocycles. The zero-order valence-corrected chi connectivity index (χ0v) is 9.88. The monoisotopic (exact) mass is 233 g/mol. The lowest BCUT2D eigenvalue weighted by Crippen LogP contribution is -2.35. The van der Waals surface area contributed by atoms with Crippen molar-refractivity contribution in [2.45, 2.75) is 32.4 Å². The maximum absolute atomic E-state index is 12.2. The van der Waals surface area contributed by atoms with Gasteiger partial charge in [0.15, 0.2) is 0 Å². The second kappa shape index (κ2) is 4.20. The average Bonchev–Trinajstić information content (AvgIpc) is 2.52. The number of carbonyl (C=O) groups is 2. The van der Waals surface area contributed by atoms with Crippen molar-refractivity contribution in [2.75, 3.05) is 0 Å². The summed E-state index contributed by atoms with van der Waals surface area (Å²) in [4.78, 5) is 24.7. The molecular weight excluding hydrogens is 218 g/mol. The van der Waals surface area contributed by atoms with Crippen LogP contribution in [0.5, 0.6) is 0 Å². The van der Waals surface area contributed by atoms with E-state index >= 15 is 0 Å². The summed E-state index contributed by atoms with van der Waals surface area (Å²) in [5, 5.41) is 8.95. The molecule has 0 aliphatic carbocycles. The van der Waals surface area contributed by atoms with Crippen LogP contribution in [0.3, 0.4) is 0 Å². The Morgan fingerprint density at radius 1 is 1.41 bits per heavy atom. The lowest BCUT2D eigenvalue weighted by atomic mass is 10.0. The first kappa shape index (κ1) is 11.6. The van der Waals surface area contributed by atoms with E-state index in [1.54, 1.807) is 17.0 Å². The second-order valence-corrected chi connectivity index (χ2v) is 4.51. The summed E-state index contributed by atoms with van der Waals surface area (Å²) in [5.74, 6) is -0.952. The summed E-state index contributed by atoms with van der Waals surface area (Å²) in [6.07, 6.45) is -0.0407. The van der Waals surface area contributed by atoms with E-state index in [2.05, 4.69) is 0 Å². The summed E-state index contributed by atoms with van der Waals surface area (Å²) >= 11 is 0. The molecule has 1 aliphatic rings. The highest BCUT2D eigenvalue weighted by atomic mass is 16.4. The van der Waals surface area contributed by atoms with Crippen LogP contribution in [0.15, 0.2) is 24.3 Å². The first-order chi connectivity index (χ1) is 8.02. The van der Waals surface area contributed by atoms with Crippen LogP contribution in [-0.4, -0.2) is 27.9 Å². The zero-order chi connectivity index (χ0) is 12.6. The fraction of sp³-hybridized carbons (Fsp3) is 0.385. The molecule has 4 heteroatoms. The quantitative estimate of drug-likeness (QED) is 0.869. The molecule has 1 amide bonds. The van der Waals surface area contributed by atoms with Crippen molar-refractivity contribution < 1.29 is 14.7 Å². The topological polar surface area (TPSA) is 57.6 Å². The summed E-state index contributed by atoms with van der Waals surface area (Å²) in [6.45, 7) is 3.80. The van der Waals surface area contributed by atoms with Crippen LogP contribution in [-0.2, 0) is 4.79 Å². The number of carbonyl (C=O) groups excluding carboxylic acids is 1. The molecule has 0 aromatic heterocycles. The Kier molecular flexibility index (Phi) is 2.88. The molecule has 0 spiro atoms. The smallest absolute Gasteiger partial charge is 0.305 e. The van der Waals surface area contributed by atoms with Crippen LogP contribution in [0.25, 0.3) is 0 Å². The number of nitrogens with zero attached hydrogens (tertiary/aromatic N) is 1. The number of rotatable bonds is 3. The summed E-state index contributed by atoms with van der Waals surface area (Å²) in [6, 6.07) is 6.90. The van der Waals surface area contributed by atoms with Gasteiger partial charge in [-0.15, -0.1) is 0 Å². The number of aliphatic carboxylic acids is 1. The van der Waals surface area contributed by atoms with Gasteiger partial charge in [-0.3, -0.25) is 9.59 Å². The fourth-order valence-electron chi connectivity index (χ4n) is 2.38. The van der Waals surface area contributed by atoms with Crippen molar-refractivity contribution in [1.29, 1.82) is 0 Å². The van der Waals surface area contributed by atoms with Crippen molar-refractivity contribution in [3.8, 4) is 0 Å². The van der Waals surface area contributed by atoms with E-state index < -0.39 is 5.97 Å². The van der Waals surface area contributed by atoms with Crippen LogP contribution in [0.4, 0.5) is 0 Å². The maximum atomic E-state index is 12.2. The van der Waals surface area contributed by atoms with Gasteiger partial charge in [0, 0.05) is 11.6 Å². The third-order valence-electron chi connectivity index (χ3n) is 3.04. The molecule has 90 valence electrons. The first-order valence-electron chi connectivity index (χ1n) is 5.65. The summed E-state index contributed by atoms with van der Waals surface area (Å²) in [5.41, 5.74) is 1.46. The Morgan fingerprint density at radius 3 is 2.65 bits per heavy atom. The molecule has 1 N–H and O–H groups in total. The van der Waals surface area contributed by atoms with E-state index in [1.165, 1.54) is 0 Å². The molecule has 1 heterocycles. The Bertz CT molecular complexity index is 467. The van der Waals surface area contributed by atoms with Gasteiger partial charge in [0.05, 0.1) is 12.5 Å². The number of carboxylic acid groups (broad SMARTS) is 1. The fourth-order valence-corrected chi connectivity index (χ4v) is 2.38. The highest BCUT2D eigenvalue weighted by Gasteiger charge is 2.38. The van der Waals surface area contributed by atoms with E-state index in [9.17, 15) is 9.59 Å². The van der Waals surface area contributed by atoms with Gasteiger partial charge in [-0.05, 0) is 25.5 Å². The molecule has 0 bridgehead atoms. The summed E-state index contributed by atoms with van der Waals surface area (Å²) in [7, 11) is 0. The Labute approximate surface area is 99.9 Å². The van der Waals surface area contributed by atoms with Gasteiger partial charge in [-0.25, -0.2) is 0 Å². The van der Waals surface area contributed by atoms with Gasteiger partial charge in [-0.2, -0.15) is 0 Å². The number of amides is 1. The van der Waals surface area contributed by atoms with Crippen LogP contribution >= 0.6 is 0 Å². The van der Waals surface area contributed by atoms with Gasteiger partial charge in [0.1, 0.15) is 0 Å². The molecule has 0 fully saturated rings. The zero-order valence-electron chi connectivity index (χ0n) is 9.88. The summed E-state index contributed by atoms with van der Waals surface area (Å²) < 4.78 is 0. The predicted molar refractivity (Wildman–Crippen MR) is 62.7 cm³/mol. The Morgan fingerprint density at radius 2 is 2.06 bits per heavy atom. The maximum Gasteiger partial charge on any atom is 0.305 e. The number of benzene rings is 1. The van der Waals surface area contributed by atoms with Gasteiger partial charge >= 0.3 is 5.97 Å². The van der Waals surface area contributed by atoms with Crippen molar-refractivity contribution in [2.24, 2.45) is 0 Å². The highest BCUT2D eigenvalue weighted by Crippen LogP contribution is 2.37. The number of hydrogen-bond donors (Lipinski definition) is 1. The third kappa shape index (κ3) is 1.90. The highest BCUT2D eigenvalue weighted by molar-refractivity contribution is 5.99. The number of carboxylic acids is 1. The minimum atomic E-state index is -0.884. The van der Waals surface area contributed by atoms with Gasteiger partial charge in [0.25, 0.3) is 5.91 Å². The minimum absolute atomic E-state index is 0.000694. The molecule has 2 rings (SSSR count). The Hall–Kier alpha value is -1.84. The minimum Gasteiger partial charge on any atom is -0.481 e. The molecule has 17 heavy (non-hydrogen) atoms. The van der Waals surface area contributed by atoms with E-state index in [1.807, 2.05) is 26.0 Å².